The van der Waals surface area contributed by atoms with Gasteiger partial charge in [-0.25, -0.2) is 4.99 Å². The predicted octanol–water partition coefficient (Wildman–Crippen LogP) is 2.70. The fraction of sp³-hybridized carbons (Fsp3) is 0.211. The number of thioether (sulfide) groups is 1. The first kappa shape index (κ1) is 18.0. The van der Waals surface area contributed by atoms with E-state index in [0.717, 1.165) is 11.3 Å². The Morgan fingerprint density at radius 1 is 1.19 bits per heavy atom. The van der Waals surface area contributed by atoms with Gasteiger partial charge in [0.05, 0.1) is 19.3 Å². The quantitative estimate of drug-likeness (QED) is 0.848. The Labute approximate surface area is 156 Å². The lowest BCUT2D eigenvalue weighted by molar-refractivity contribution is -0.128. The third-order valence-electron chi connectivity index (χ3n) is 3.89. The van der Waals surface area contributed by atoms with Crippen LogP contribution in [0.1, 0.15) is 12.0 Å². The third-order valence-corrected chi connectivity index (χ3v) is 5.06. The molecule has 26 heavy (non-hydrogen) atoms. The minimum Gasteiger partial charge on any atom is -0.497 e. The van der Waals surface area contributed by atoms with Crippen molar-refractivity contribution in [2.24, 2.45) is 10.7 Å². The van der Waals surface area contributed by atoms with Gasteiger partial charge in [-0.15, -0.1) is 0 Å². The van der Waals surface area contributed by atoms with E-state index in [0.29, 0.717) is 17.4 Å². The standard InChI is InChI=1S/C19H19N3O3S/c1-25-15-9-7-14(8-10-15)21-19-22(12-13-5-3-2-4-6-13)18(24)16(26-19)11-17(20)23/h2-10,16H,11-12H2,1H3,(H2,20,23)/t16-/m0/s1. The van der Waals surface area contributed by atoms with E-state index in [2.05, 4.69) is 4.99 Å². The smallest absolute Gasteiger partial charge is 0.242 e. The molecule has 6 nitrogen and oxygen atoms in total. The highest BCUT2D eigenvalue weighted by Crippen LogP contribution is 2.33. The number of nitrogens with two attached hydrogens (primary N) is 1. The maximum atomic E-state index is 12.7. The van der Waals surface area contributed by atoms with Crippen molar-refractivity contribution < 1.29 is 14.3 Å². The molecule has 1 heterocycles. The van der Waals surface area contributed by atoms with E-state index >= 15 is 0 Å². The molecule has 0 spiro atoms. The van der Waals surface area contributed by atoms with Gasteiger partial charge in [0.15, 0.2) is 5.17 Å². The molecule has 1 fully saturated rings. The summed E-state index contributed by atoms with van der Waals surface area (Å²) in [5, 5.41) is 0.0310. The molecule has 3 rings (SSSR count). The van der Waals surface area contributed by atoms with E-state index < -0.39 is 11.2 Å². The molecule has 2 amide bonds. The third kappa shape index (κ3) is 4.23. The maximum Gasteiger partial charge on any atom is 0.242 e. The highest BCUT2D eigenvalue weighted by Gasteiger charge is 2.38. The van der Waals surface area contributed by atoms with Crippen molar-refractivity contribution >= 4 is 34.4 Å². The number of methoxy groups -OCH3 is 1. The molecular formula is C19H19N3O3S. The fourth-order valence-corrected chi connectivity index (χ4v) is 3.76. The van der Waals surface area contributed by atoms with Crippen LogP contribution in [0.25, 0.3) is 0 Å². The van der Waals surface area contributed by atoms with Crippen molar-refractivity contribution in [1.82, 2.24) is 4.90 Å². The van der Waals surface area contributed by atoms with Crippen LogP contribution in [0.2, 0.25) is 0 Å². The van der Waals surface area contributed by atoms with Crippen LogP contribution in [0.15, 0.2) is 59.6 Å². The Bertz CT molecular complexity index is 822. The summed E-state index contributed by atoms with van der Waals surface area (Å²) in [7, 11) is 1.60. The lowest BCUT2D eigenvalue weighted by Gasteiger charge is -2.16. The Morgan fingerprint density at radius 2 is 1.88 bits per heavy atom. The van der Waals surface area contributed by atoms with E-state index in [4.69, 9.17) is 10.5 Å². The Balaban J connectivity index is 1.88. The zero-order chi connectivity index (χ0) is 18.5. The van der Waals surface area contributed by atoms with Crippen LogP contribution in [0.5, 0.6) is 5.75 Å². The molecule has 2 aromatic carbocycles. The van der Waals surface area contributed by atoms with Crippen molar-refractivity contribution in [1.29, 1.82) is 0 Å². The minimum absolute atomic E-state index is 0.00355. The molecule has 1 aliphatic rings. The average molecular weight is 369 g/mol. The second-order valence-electron chi connectivity index (χ2n) is 5.78. The molecule has 0 unspecified atom stereocenters. The summed E-state index contributed by atoms with van der Waals surface area (Å²) < 4.78 is 5.15. The normalized spacial score (nSPS) is 18.3. The van der Waals surface area contributed by atoms with Crippen LogP contribution in [-0.4, -0.2) is 34.2 Å². The second kappa shape index (κ2) is 8.05. The number of hydrogen-bond acceptors (Lipinski definition) is 5. The van der Waals surface area contributed by atoms with Gasteiger partial charge in [0, 0.05) is 6.42 Å². The number of rotatable bonds is 6. The Hall–Kier alpha value is -2.80. The van der Waals surface area contributed by atoms with E-state index in [1.165, 1.54) is 11.8 Å². The number of hydrogen-bond donors (Lipinski definition) is 1. The molecule has 2 N–H and O–H groups in total. The summed E-state index contributed by atoms with van der Waals surface area (Å²) in [6.07, 6.45) is -0.00355. The summed E-state index contributed by atoms with van der Waals surface area (Å²) in [6, 6.07) is 16.9. The summed E-state index contributed by atoms with van der Waals surface area (Å²) in [5.41, 5.74) is 6.98. The number of aliphatic imine (C=N–C) groups is 1. The highest BCUT2D eigenvalue weighted by molar-refractivity contribution is 8.15. The van der Waals surface area contributed by atoms with Gasteiger partial charge in [0.1, 0.15) is 11.0 Å². The summed E-state index contributed by atoms with van der Waals surface area (Å²) >= 11 is 1.27. The number of nitrogens with zero attached hydrogens (tertiary/aromatic N) is 2. The highest BCUT2D eigenvalue weighted by atomic mass is 32.2. The van der Waals surface area contributed by atoms with Crippen LogP contribution >= 0.6 is 11.8 Å². The molecule has 134 valence electrons. The van der Waals surface area contributed by atoms with E-state index in [1.807, 2.05) is 54.6 Å². The molecule has 0 saturated carbocycles. The van der Waals surface area contributed by atoms with Crippen LogP contribution in [-0.2, 0) is 16.1 Å². The number of ether oxygens (including phenoxy) is 1. The number of primary amides is 1. The summed E-state index contributed by atoms with van der Waals surface area (Å²) in [6.45, 7) is 0.400. The number of amides is 2. The van der Waals surface area contributed by atoms with E-state index in [-0.39, 0.29) is 12.3 Å². The molecule has 1 atom stereocenters. The van der Waals surface area contributed by atoms with Gasteiger partial charge in [-0.3, -0.25) is 14.5 Å². The monoisotopic (exact) mass is 369 g/mol. The molecule has 7 heteroatoms. The van der Waals surface area contributed by atoms with E-state index in [9.17, 15) is 9.59 Å². The number of carbonyl (C=O) groups excluding carboxylic acids is 2. The summed E-state index contributed by atoms with van der Waals surface area (Å²) in [5.74, 6) is 0.0861. The molecule has 0 bridgehead atoms. The van der Waals surface area contributed by atoms with E-state index in [1.54, 1.807) is 12.0 Å². The number of amidine groups is 1. The molecule has 2 aromatic rings. The predicted molar refractivity (Wildman–Crippen MR) is 102 cm³/mol. The average Bonchev–Trinajstić information content (AvgIpc) is 2.91. The Kier molecular flexibility index (Phi) is 5.58. The largest absolute Gasteiger partial charge is 0.497 e. The van der Waals surface area contributed by atoms with Crippen LogP contribution in [0, 0.1) is 0 Å². The van der Waals surface area contributed by atoms with Crippen molar-refractivity contribution in [2.75, 3.05) is 7.11 Å². The summed E-state index contributed by atoms with van der Waals surface area (Å²) in [4.78, 5) is 30.2. The molecule has 0 aliphatic carbocycles. The molecule has 1 saturated heterocycles. The van der Waals surface area contributed by atoms with Gasteiger partial charge in [0.2, 0.25) is 11.8 Å². The van der Waals surface area contributed by atoms with Crippen molar-refractivity contribution in [2.45, 2.75) is 18.2 Å². The van der Waals surface area contributed by atoms with Crippen molar-refractivity contribution in [3.63, 3.8) is 0 Å². The van der Waals surface area contributed by atoms with Gasteiger partial charge in [-0.2, -0.15) is 0 Å². The van der Waals surface area contributed by atoms with Gasteiger partial charge < -0.3 is 10.5 Å². The lowest BCUT2D eigenvalue weighted by Crippen LogP contribution is -2.33. The van der Waals surface area contributed by atoms with Crippen molar-refractivity contribution in [3.05, 3.63) is 60.2 Å². The van der Waals surface area contributed by atoms with Crippen LogP contribution < -0.4 is 10.5 Å². The first-order valence-electron chi connectivity index (χ1n) is 8.10. The topological polar surface area (TPSA) is 85.0 Å². The molecule has 0 aromatic heterocycles. The lowest BCUT2D eigenvalue weighted by atomic mass is 10.2. The molecule has 1 aliphatic heterocycles. The fourth-order valence-electron chi connectivity index (χ4n) is 2.59. The zero-order valence-corrected chi connectivity index (χ0v) is 15.1. The Morgan fingerprint density at radius 3 is 2.50 bits per heavy atom. The molecular weight excluding hydrogens is 350 g/mol. The number of benzene rings is 2. The van der Waals surface area contributed by atoms with Crippen molar-refractivity contribution in [3.8, 4) is 5.75 Å². The van der Waals surface area contributed by atoms with Gasteiger partial charge in [0.25, 0.3) is 0 Å². The van der Waals surface area contributed by atoms with Gasteiger partial charge >= 0.3 is 0 Å². The van der Waals surface area contributed by atoms with Gasteiger partial charge in [-0.1, -0.05) is 42.1 Å². The van der Waals surface area contributed by atoms with Crippen LogP contribution in [0.4, 0.5) is 5.69 Å². The molecule has 0 radical (unpaired) electrons. The first-order chi connectivity index (χ1) is 12.6. The minimum atomic E-state index is -0.534. The van der Waals surface area contributed by atoms with Gasteiger partial charge in [-0.05, 0) is 29.8 Å². The maximum absolute atomic E-state index is 12.7. The van der Waals surface area contributed by atoms with Crippen LogP contribution in [0.3, 0.4) is 0 Å². The SMILES string of the molecule is COc1ccc(N=C2S[C@@H](CC(N)=O)C(=O)N2Cc2ccccc2)cc1. The second-order valence-corrected chi connectivity index (χ2v) is 6.95. The zero-order valence-electron chi connectivity index (χ0n) is 14.3. The number of carbonyl (C=O) groups is 2. The first-order valence-corrected chi connectivity index (χ1v) is 8.98.